The van der Waals surface area contributed by atoms with E-state index >= 15 is 0 Å². The van der Waals surface area contributed by atoms with Crippen molar-refractivity contribution in [3.05, 3.63) is 34.6 Å². The fourth-order valence-corrected chi connectivity index (χ4v) is 1.16. The molecule has 0 saturated carbocycles. The molecule has 0 aliphatic carbocycles. The molecule has 0 heterocycles. The van der Waals surface area contributed by atoms with Crippen LogP contribution in [0.1, 0.15) is 5.56 Å². The van der Waals surface area contributed by atoms with Crippen LogP contribution in [0, 0.1) is 5.82 Å². The van der Waals surface area contributed by atoms with Gasteiger partial charge in [-0.25, -0.2) is 4.39 Å². The minimum atomic E-state index is -0.535. The standard InChI is InChI=1S/C9H10ClFN2O/c1-13(2)9(12-14)6-3-4-7(10)8(11)5-6/h3-5,14H,1-2H3/b12-9-. The lowest BCUT2D eigenvalue weighted by atomic mass is 10.2. The average molecular weight is 217 g/mol. The van der Waals surface area contributed by atoms with Crippen molar-refractivity contribution in [3.63, 3.8) is 0 Å². The highest BCUT2D eigenvalue weighted by Gasteiger charge is 2.09. The highest BCUT2D eigenvalue weighted by Crippen LogP contribution is 2.16. The summed E-state index contributed by atoms with van der Waals surface area (Å²) in [6.07, 6.45) is 0. The third-order valence-corrected chi connectivity index (χ3v) is 2.00. The van der Waals surface area contributed by atoms with Crippen molar-refractivity contribution in [2.45, 2.75) is 0 Å². The van der Waals surface area contributed by atoms with E-state index in [1.54, 1.807) is 25.1 Å². The Balaban J connectivity index is 3.13. The maximum Gasteiger partial charge on any atom is 0.174 e. The number of rotatable bonds is 1. The smallest absolute Gasteiger partial charge is 0.174 e. The van der Waals surface area contributed by atoms with Crippen LogP contribution in [0.15, 0.2) is 23.4 Å². The molecule has 0 atom stereocenters. The average Bonchev–Trinajstić information content (AvgIpc) is 2.11. The van der Waals surface area contributed by atoms with Gasteiger partial charge in [-0.2, -0.15) is 0 Å². The number of hydrogen-bond acceptors (Lipinski definition) is 2. The van der Waals surface area contributed by atoms with Crippen LogP contribution in [0.25, 0.3) is 0 Å². The molecular weight excluding hydrogens is 207 g/mol. The Bertz CT molecular complexity index is 366. The summed E-state index contributed by atoms with van der Waals surface area (Å²) in [7, 11) is 3.39. The van der Waals surface area contributed by atoms with E-state index in [1.165, 1.54) is 12.1 Å². The highest BCUT2D eigenvalue weighted by atomic mass is 35.5. The zero-order valence-corrected chi connectivity index (χ0v) is 8.59. The van der Waals surface area contributed by atoms with E-state index < -0.39 is 5.82 Å². The lowest BCUT2D eigenvalue weighted by Crippen LogP contribution is -2.23. The Hall–Kier alpha value is -1.29. The molecule has 0 amide bonds. The van der Waals surface area contributed by atoms with Gasteiger partial charge in [-0.05, 0) is 18.2 Å². The first kappa shape index (κ1) is 10.8. The fourth-order valence-electron chi connectivity index (χ4n) is 1.04. The summed E-state index contributed by atoms with van der Waals surface area (Å²) in [5.74, 6) is -0.257. The van der Waals surface area contributed by atoms with Gasteiger partial charge in [0.1, 0.15) is 5.82 Å². The van der Waals surface area contributed by atoms with Crippen molar-refractivity contribution < 1.29 is 9.60 Å². The molecule has 0 bridgehead atoms. The normalized spacial score (nSPS) is 11.6. The zero-order chi connectivity index (χ0) is 10.7. The monoisotopic (exact) mass is 216 g/mol. The summed E-state index contributed by atoms with van der Waals surface area (Å²) in [6, 6.07) is 4.22. The molecule has 0 fully saturated rings. The molecule has 0 saturated heterocycles. The van der Waals surface area contributed by atoms with Crippen molar-refractivity contribution in [1.29, 1.82) is 0 Å². The van der Waals surface area contributed by atoms with Gasteiger partial charge in [0.25, 0.3) is 0 Å². The summed E-state index contributed by atoms with van der Waals surface area (Å²) < 4.78 is 13.1. The summed E-state index contributed by atoms with van der Waals surface area (Å²) in [6.45, 7) is 0. The number of oxime groups is 1. The molecule has 0 radical (unpaired) electrons. The molecule has 0 spiro atoms. The van der Waals surface area contributed by atoms with Gasteiger partial charge in [0, 0.05) is 19.7 Å². The summed E-state index contributed by atoms with van der Waals surface area (Å²) in [4.78, 5) is 1.57. The van der Waals surface area contributed by atoms with E-state index in [9.17, 15) is 4.39 Å². The van der Waals surface area contributed by atoms with Crippen LogP contribution in [-0.2, 0) is 0 Å². The number of halogens is 2. The van der Waals surface area contributed by atoms with E-state index in [2.05, 4.69) is 5.16 Å². The Morgan fingerprint density at radius 1 is 1.50 bits per heavy atom. The summed E-state index contributed by atoms with van der Waals surface area (Å²) in [5, 5.41) is 11.8. The van der Waals surface area contributed by atoms with Crippen molar-refractivity contribution in [1.82, 2.24) is 4.90 Å². The zero-order valence-electron chi connectivity index (χ0n) is 7.83. The molecule has 0 unspecified atom stereocenters. The van der Waals surface area contributed by atoms with E-state index in [0.29, 0.717) is 5.56 Å². The first-order chi connectivity index (χ1) is 6.56. The lowest BCUT2D eigenvalue weighted by Gasteiger charge is -2.13. The number of nitrogens with zero attached hydrogens (tertiary/aromatic N) is 2. The van der Waals surface area contributed by atoms with Gasteiger partial charge < -0.3 is 10.1 Å². The Labute approximate surface area is 86.4 Å². The molecule has 0 aromatic heterocycles. The van der Waals surface area contributed by atoms with Crippen LogP contribution >= 0.6 is 11.6 Å². The van der Waals surface area contributed by atoms with Crippen molar-refractivity contribution in [2.75, 3.05) is 14.1 Å². The second kappa shape index (κ2) is 4.28. The minimum absolute atomic E-state index is 0.0461. The first-order valence-corrected chi connectivity index (χ1v) is 4.29. The van der Waals surface area contributed by atoms with E-state index in [0.717, 1.165) is 0 Å². The van der Waals surface area contributed by atoms with Gasteiger partial charge in [0.05, 0.1) is 5.02 Å². The fraction of sp³-hybridized carbons (Fsp3) is 0.222. The van der Waals surface area contributed by atoms with Gasteiger partial charge in [-0.3, -0.25) is 0 Å². The molecule has 1 aromatic rings. The molecular formula is C9H10ClFN2O. The predicted molar refractivity (Wildman–Crippen MR) is 53.4 cm³/mol. The first-order valence-electron chi connectivity index (χ1n) is 3.91. The number of hydrogen-bond donors (Lipinski definition) is 1. The molecule has 14 heavy (non-hydrogen) atoms. The summed E-state index contributed by atoms with van der Waals surface area (Å²) >= 11 is 5.52. The molecule has 5 heteroatoms. The van der Waals surface area contributed by atoms with Crippen LogP contribution in [0.3, 0.4) is 0 Å². The largest absolute Gasteiger partial charge is 0.409 e. The van der Waals surface area contributed by atoms with Crippen LogP contribution in [0.2, 0.25) is 5.02 Å². The van der Waals surface area contributed by atoms with Gasteiger partial charge in [-0.15, -0.1) is 0 Å². The van der Waals surface area contributed by atoms with E-state index in [1.807, 2.05) is 0 Å². The van der Waals surface area contributed by atoms with Gasteiger partial charge >= 0.3 is 0 Å². The van der Waals surface area contributed by atoms with Crippen molar-refractivity contribution >= 4 is 17.4 Å². The second-order valence-corrected chi connectivity index (χ2v) is 3.35. The number of benzene rings is 1. The Kier molecular flexibility index (Phi) is 3.30. The molecule has 76 valence electrons. The maximum absolute atomic E-state index is 13.1. The van der Waals surface area contributed by atoms with Crippen molar-refractivity contribution in [2.24, 2.45) is 5.16 Å². The highest BCUT2D eigenvalue weighted by molar-refractivity contribution is 6.30. The predicted octanol–water partition coefficient (Wildman–Crippen LogP) is 2.18. The topological polar surface area (TPSA) is 35.8 Å². The van der Waals surface area contributed by atoms with Crippen molar-refractivity contribution in [3.8, 4) is 0 Å². The Morgan fingerprint density at radius 3 is 2.57 bits per heavy atom. The van der Waals surface area contributed by atoms with E-state index in [4.69, 9.17) is 16.8 Å². The van der Waals surface area contributed by atoms with Crippen LogP contribution in [-0.4, -0.2) is 30.0 Å². The Morgan fingerprint density at radius 2 is 2.14 bits per heavy atom. The third kappa shape index (κ3) is 2.14. The molecule has 1 N–H and O–H groups in total. The van der Waals surface area contributed by atoms with Gasteiger partial charge in [-0.1, -0.05) is 16.8 Å². The second-order valence-electron chi connectivity index (χ2n) is 2.95. The SMILES string of the molecule is CN(C)/C(=N\O)c1ccc(Cl)c(F)c1. The lowest BCUT2D eigenvalue weighted by molar-refractivity contribution is 0.310. The third-order valence-electron chi connectivity index (χ3n) is 1.70. The molecule has 3 nitrogen and oxygen atoms in total. The van der Waals surface area contributed by atoms with E-state index in [-0.39, 0.29) is 10.9 Å². The molecule has 1 rings (SSSR count). The molecule has 0 aliphatic rings. The van der Waals surface area contributed by atoms with Gasteiger partial charge in [0.15, 0.2) is 5.84 Å². The summed E-state index contributed by atoms with van der Waals surface area (Å²) in [5.41, 5.74) is 0.472. The maximum atomic E-state index is 13.1. The van der Waals surface area contributed by atoms with Crippen LogP contribution in [0.5, 0.6) is 0 Å². The molecule has 0 aliphatic heterocycles. The van der Waals surface area contributed by atoms with Crippen LogP contribution < -0.4 is 0 Å². The minimum Gasteiger partial charge on any atom is -0.409 e. The van der Waals surface area contributed by atoms with Crippen LogP contribution in [0.4, 0.5) is 4.39 Å². The molecule has 1 aromatic carbocycles. The van der Waals surface area contributed by atoms with Gasteiger partial charge in [0.2, 0.25) is 0 Å². The number of amidine groups is 1. The quantitative estimate of drug-likeness (QED) is 0.338.